The predicted molar refractivity (Wildman–Crippen MR) is 24.1 cm³/mol. The fourth-order valence-electron chi connectivity index (χ4n) is 0. The van der Waals surface area contributed by atoms with Gasteiger partial charge in [0.2, 0.25) is 0 Å². The van der Waals surface area contributed by atoms with Gasteiger partial charge in [-0.25, -0.2) is 0 Å². The summed E-state index contributed by atoms with van der Waals surface area (Å²) in [6.07, 6.45) is 1.25. The van der Waals surface area contributed by atoms with Gasteiger partial charge < -0.3 is 5.11 Å². The Bertz CT molecular complexity index is 3.61. The number of hydrogen-bond donors (Lipinski definition) is 1. The molecule has 0 heterocycles. The highest BCUT2D eigenvalue weighted by Gasteiger charge is 1.35. The molecule has 0 unspecified atom stereocenters. The molecule has 0 aromatic rings. The summed E-state index contributed by atoms with van der Waals surface area (Å²) in [6, 6.07) is 0. The number of aliphatic hydroxyl groups is 1. The lowest BCUT2D eigenvalue weighted by Crippen LogP contribution is -1.27. The first-order chi connectivity index (χ1) is 2.41. The average molecular weight is 76.1 g/mol. The Hall–Kier alpha value is -0.0400. The molecule has 0 aromatic carbocycles. The normalized spacial score (nSPS) is 4.80. The minimum absolute atomic E-state index is 1.00. The van der Waals surface area contributed by atoms with Crippen LogP contribution in [0, 0.1) is 0 Å². The van der Waals surface area contributed by atoms with Crippen molar-refractivity contribution in [3.63, 3.8) is 0 Å². The zero-order valence-corrected chi connectivity index (χ0v) is 4.15. The zero-order chi connectivity index (χ0) is 4.71. The molecule has 0 atom stereocenters. The standard InChI is InChI=1S/C3H8.CH4O/c1-3-2;1-2/h3H2,1-2H3;2H,1H3. The van der Waals surface area contributed by atoms with Gasteiger partial charge >= 0.3 is 0 Å². The van der Waals surface area contributed by atoms with Crippen LogP contribution in [-0.2, 0) is 0 Å². The Morgan fingerprint density at radius 1 is 1.20 bits per heavy atom. The van der Waals surface area contributed by atoms with Crippen LogP contribution in [0.15, 0.2) is 0 Å². The lowest BCUT2D eigenvalue weighted by Gasteiger charge is -1.48. The Morgan fingerprint density at radius 3 is 1.20 bits per heavy atom. The molecule has 0 radical (unpaired) electrons. The highest BCUT2D eigenvalue weighted by atomic mass is 16.2. The van der Waals surface area contributed by atoms with Gasteiger partial charge in [-0.3, -0.25) is 0 Å². The fraction of sp³-hybridized carbons (Fsp3) is 1.00. The van der Waals surface area contributed by atoms with Gasteiger partial charge in [0.25, 0.3) is 0 Å². The van der Waals surface area contributed by atoms with Crippen molar-refractivity contribution < 1.29 is 5.11 Å². The van der Waals surface area contributed by atoms with E-state index in [1.807, 2.05) is 0 Å². The van der Waals surface area contributed by atoms with Crippen molar-refractivity contribution in [3.05, 3.63) is 0 Å². The first kappa shape index (κ1) is 8.88. The molecule has 34 valence electrons. The van der Waals surface area contributed by atoms with Gasteiger partial charge in [0.15, 0.2) is 0 Å². The molecule has 0 fully saturated rings. The lowest BCUT2D eigenvalue weighted by molar-refractivity contribution is 0.399. The van der Waals surface area contributed by atoms with Crippen LogP contribution in [0.4, 0.5) is 0 Å². The summed E-state index contributed by atoms with van der Waals surface area (Å²) in [5.41, 5.74) is 0. The molecule has 0 spiro atoms. The summed E-state index contributed by atoms with van der Waals surface area (Å²) >= 11 is 0. The smallest absolute Gasteiger partial charge is 0.0319 e. The van der Waals surface area contributed by atoms with Crippen LogP contribution in [0.25, 0.3) is 0 Å². The second-order valence-corrected chi connectivity index (χ2v) is 0.707. The largest absolute Gasteiger partial charge is 0.400 e. The molecule has 0 amide bonds. The number of rotatable bonds is 0. The van der Waals surface area contributed by atoms with Gasteiger partial charge in [0, 0.05) is 7.11 Å². The van der Waals surface area contributed by atoms with Crippen LogP contribution < -0.4 is 0 Å². The van der Waals surface area contributed by atoms with Gasteiger partial charge in [0.1, 0.15) is 0 Å². The quantitative estimate of drug-likeness (QED) is 0.457. The first-order valence-electron chi connectivity index (χ1n) is 1.86. The van der Waals surface area contributed by atoms with E-state index >= 15 is 0 Å². The van der Waals surface area contributed by atoms with E-state index in [0.29, 0.717) is 0 Å². The SMILES string of the molecule is CCC.CO. The van der Waals surface area contributed by atoms with Crippen molar-refractivity contribution >= 4 is 0 Å². The Kier molecular flexibility index (Phi) is 66.8. The van der Waals surface area contributed by atoms with Crippen LogP contribution >= 0.6 is 0 Å². The highest BCUT2D eigenvalue weighted by molar-refractivity contribution is 3.92. The molecule has 0 aliphatic carbocycles. The molecule has 0 rings (SSSR count). The summed E-state index contributed by atoms with van der Waals surface area (Å²) in [5.74, 6) is 0. The van der Waals surface area contributed by atoms with E-state index in [1.165, 1.54) is 6.42 Å². The van der Waals surface area contributed by atoms with Crippen LogP contribution in [0.1, 0.15) is 20.3 Å². The Morgan fingerprint density at radius 2 is 1.20 bits per heavy atom. The third-order valence-corrected chi connectivity index (χ3v) is 0. The van der Waals surface area contributed by atoms with Gasteiger partial charge in [-0.2, -0.15) is 0 Å². The van der Waals surface area contributed by atoms with Gasteiger partial charge in [-0.1, -0.05) is 20.3 Å². The van der Waals surface area contributed by atoms with E-state index in [9.17, 15) is 0 Å². The maximum Gasteiger partial charge on any atom is 0.0319 e. The molecular formula is C4H12O. The van der Waals surface area contributed by atoms with Crippen molar-refractivity contribution in [1.82, 2.24) is 0 Å². The number of hydrogen-bond acceptors (Lipinski definition) is 1. The molecule has 5 heavy (non-hydrogen) atoms. The maximum atomic E-state index is 7.00. The van der Waals surface area contributed by atoms with Crippen LogP contribution in [0.3, 0.4) is 0 Å². The van der Waals surface area contributed by atoms with Crippen LogP contribution in [0.5, 0.6) is 0 Å². The van der Waals surface area contributed by atoms with Gasteiger partial charge in [0.05, 0.1) is 0 Å². The molecule has 1 N–H and O–H groups in total. The van der Waals surface area contributed by atoms with E-state index in [0.717, 1.165) is 7.11 Å². The molecule has 0 aliphatic heterocycles. The molecule has 0 aliphatic rings. The highest BCUT2D eigenvalue weighted by Crippen LogP contribution is 1.56. The van der Waals surface area contributed by atoms with Crippen LogP contribution in [-0.4, -0.2) is 12.2 Å². The van der Waals surface area contributed by atoms with Crippen molar-refractivity contribution in [2.24, 2.45) is 0 Å². The molecule has 0 aromatic heterocycles. The summed E-state index contributed by atoms with van der Waals surface area (Å²) in [5, 5.41) is 7.00. The molecular weight excluding hydrogens is 64.0 g/mol. The van der Waals surface area contributed by atoms with Crippen molar-refractivity contribution in [2.75, 3.05) is 7.11 Å². The number of aliphatic hydroxyl groups excluding tert-OH is 1. The van der Waals surface area contributed by atoms with Crippen LogP contribution in [0.2, 0.25) is 0 Å². The molecule has 1 heteroatoms. The molecule has 0 bridgehead atoms. The Balaban J connectivity index is 0. The third-order valence-electron chi connectivity index (χ3n) is 0. The van der Waals surface area contributed by atoms with Gasteiger partial charge in [-0.05, 0) is 0 Å². The van der Waals surface area contributed by atoms with Gasteiger partial charge in [-0.15, -0.1) is 0 Å². The summed E-state index contributed by atoms with van der Waals surface area (Å²) < 4.78 is 0. The minimum atomic E-state index is 1.00. The van der Waals surface area contributed by atoms with E-state index in [1.54, 1.807) is 0 Å². The van der Waals surface area contributed by atoms with E-state index in [2.05, 4.69) is 13.8 Å². The molecule has 0 saturated heterocycles. The van der Waals surface area contributed by atoms with Crippen molar-refractivity contribution in [2.45, 2.75) is 20.3 Å². The minimum Gasteiger partial charge on any atom is -0.400 e. The van der Waals surface area contributed by atoms with E-state index < -0.39 is 0 Å². The summed E-state index contributed by atoms with van der Waals surface area (Å²) in [7, 11) is 1.00. The van der Waals surface area contributed by atoms with E-state index in [4.69, 9.17) is 5.11 Å². The predicted octanol–water partition coefficient (Wildman–Crippen LogP) is 1.02. The molecule has 0 saturated carbocycles. The topological polar surface area (TPSA) is 20.2 Å². The van der Waals surface area contributed by atoms with Crippen molar-refractivity contribution in [1.29, 1.82) is 0 Å². The monoisotopic (exact) mass is 76.1 g/mol. The maximum absolute atomic E-state index is 7.00. The summed E-state index contributed by atoms with van der Waals surface area (Å²) in [4.78, 5) is 0. The van der Waals surface area contributed by atoms with Crippen molar-refractivity contribution in [3.8, 4) is 0 Å². The van der Waals surface area contributed by atoms with E-state index in [-0.39, 0.29) is 0 Å². The second-order valence-electron chi connectivity index (χ2n) is 0.707. The fourth-order valence-corrected chi connectivity index (χ4v) is 0. The molecule has 1 nitrogen and oxygen atoms in total. The summed E-state index contributed by atoms with van der Waals surface area (Å²) in [6.45, 7) is 4.25. The first-order valence-corrected chi connectivity index (χ1v) is 1.86. The Labute approximate surface area is 33.6 Å². The lowest BCUT2D eigenvalue weighted by atomic mass is 10.6. The third kappa shape index (κ3) is 9510. The second kappa shape index (κ2) is 37.6. The average Bonchev–Trinajstić information content (AvgIpc) is 1.46. The zero-order valence-electron chi connectivity index (χ0n) is 4.15.